The zero-order valence-corrected chi connectivity index (χ0v) is 8.06. The summed E-state index contributed by atoms with van der Waals surface area (Å²) in [6.45, 7) is 0. The fourth-order valence-electron chi connectivity index (χ4n) is 1.34. The van der Waals surface area contributed by atoms with Crippen molar-refractivity contribution < 1.29 is 19.1 Å². The highest BCUT2D eigenvalue weighted by molar-refractivity contribution is 5.78. The minimum atomic E-state index is -0.333. The van der Waals surface area contributed by atoms with Gasteiger partial charge in [0.1, 0.15) is 0 Å². The number of hydrogen-bond donors (Lipinski definition) is 0. The summed E-state index contributed by atoms with van der Waals surface area (Å²) < 4.78 is 10.1. The number of benzene rings is 1. The van der Waals surface area contributed by atoms with Crippen molar-refractivity contribution in [1.82, 2.24) is 0 Å². The predicted octanol–water partition coefficient (Wildman–Crippen LogP) is 1.68. The monoisotopic (exact) mass is 206 g/mol. The van der Waals surface area contributed by atoms with Crippen molar-refractivity contribution in [2.24, 2.45) is 0 Å². The smallest absolute Gasteiger partial charge is 0.311 e. The van der Waals surface area contributed by atoms with Crippen molar-refractivity contribution >= 4 is 11.9 Å². The fraction of sp³-hybridized carbons (Fsp3) is 0.273. The Morgan fingerprint density at radius 3 is 1.80 bits per heavy atom. The van der Waals surface area contributed by atoms with Gasteiger partial charge in [0, 0.05) is 12.8 Å². The van der Waals surface area contributed by atoms with Crippen LogP contribution in [-0.2, 0) is 9.59 Å². The second-order valence-electron chi connectivity index (χ2n) is 3.25. The van der Waals surface area contributed by atoms with E-state index in [2.05, 4.69) is 0 Å². The van der Waals surface area contributed by atoms with Gasteiger partial charge in [0.25, 0.3) is 0 Å². The third-order valence-corrected chi connectivity index (χ3v) is 2.06. The predicted molar refractivity (Wildman–Crippen MR) is 51.6 cm³/mol. The molecule has 0 aromatic heterocycles. The maximum absolute atomic E-state index is 11.3. The number of ether oxygens (including phenoxy) is 2. The maximum atomic E-state index is 11.3. The van der Waals surface area contributed by atoms with Crippen LogP contribution in [0.25, 0.3) is 0 Å². The molecule has 4 heteroatoms. The molecule has 78 valence electrons. The van der Waals surface area contributed by atoms with E-state index in [9.17, 15) is 9.59 Å². The molecule has 0 radical (unpaired) electrons. The molecule has 1 aliphatic rings. The molecule has 0 aliphatic carbocycles. The SMILES string of the molecule is O=C1CCCC(=O)Oc2ccccc2O1. The highest BCUT2D eigenvalue weighted by Crippen LogP contribution is 2.28. The molecule has 0 spiro atoms. The third-order valence-electron chi connectivity index (χ3n) is 2.06. The molecule has 15 heavy (non-hydrogen) atoms. The van der Waals surface area contributed by atoms with Crippen molar-refractivity contribution in [2.75, 3.05) is 0 Å². The molecule has 2 rings (SSSR count). The van der Waals surface area contributed by atoms with E-state index in [1.807, 2.05) is 0 Å². The molecule has 0 fully saturated rings. The number of hydrogen-bond acceptors (Lipinski definition) is 4. The number of carbonyl (C=O) groups excluding carboxylic acids is 2. The van der Waals surface area contributed by atoms with E-state index >= 15 is 0 Å². The molecular weight excluding hydrogens is 196 g/mol. The average molecular weight is 206 g/mol. The highest BCUT2D eigenvalue weighted by atomic mass is 16.6. The second-order valence-corrected chi connectivity index (χ2v) is 3.25. The zero-order valence-electron chi connectivity index (χ0n) is 8.06. The molecule has 0 amide bonds. The van der Waals surface area contributed by atoms with Gasteiger partial charge in [-0.05, 0) is 18.6 Å². The minimum absolute atomic E-state index is 0.240. The van der Waals surface area contributed by atoms with E-state index in [4.69, 9.17) is 9.47 Å². The average Bonchev–Trinajstić information content (AvgIpc) is 2.26. The first kappa shape index (κ1) is 9.71. The first-order valence-electron chi connectivity index (χ1n) is 4.76. The lowest BCUT2D eigenvalue weighted by atomic mass is 10.2. The van der Waals surface area contributed by atoms with Crippen LogP contribution in [0.5, 0.6) is 11.5 Å². The Kier molecular flexibility index (Phi) is 2.67. The highest BCUT2D eigenvalue weighted by Gasteiger charge is 2.16. The van der Waals surface area contributed by atoms with Gasteiger partial charge < -0.3 is 9.47 Å². The number of para-hydroxylation sites is 2. The Morgan fingerprint density at radius 2 is 1.33 bits per heavy atom. The van der Waals surface area contributed by atoms with Crippen molar-refractivity contribution in [3.63, 3.8) is 0 Å². The normalized spacial score (nSPS) is 16.5. The van der Waals surface area contributed by atoms with E-state index in [1.54, 1.807) is 24.3 Å². The van der Waals surface area contributed by atoms with Crippen LogP contribution >= 0.6 is 0 Å². The van der Waals surface area contributed by atoms with Crippen LogP contribution in [-0.4, -0.2) is 11.9 Å². The van der Waals surface area contributed by atoms with Gasteiger partial charge in [-0.15, -0.1) is 0 Å². The first-order valence-corrected chi connectivity index (χ1v) is 4.76. The van der Waals surface area contributed by atoms with E-state index in [-0.39, 0.29) is 24.8 Å². The van der Waals surface area contributed by atoms with Crippen LogP contribution in [0.15, 0.2) is 24.3 Å². The number of rotatable bonds is 0. The van der Waals surface area contributed by atoms with Crippen LogP contribution < -0.4 is 9.47 Å². The standard InChI is InChI=1S/C11H10O4/c12-10-6-3-7-11(13)15-9-5-2-1-4-8(9)14-10/h1-2,4-5H,3,6-7H2. The molecular formula is C11H10O4. The van der Waals surface area contributed by atoms with Crippen molar-refractivity contribution in [1.29, 1.82) is 0 Å². The number of fused-ring (bicyclic) bond motifs is 1. The molecule has 0 unspecified atom stereocenters. The van der Waals surface area contributed by atoms with Gasteiger partial charge in [0.15, 0.2) is 11.5 Å². The molecule has 4 nitrogen and oxygen atoms in total. The quantitative estimate of drug-likeness (QED) is 0.478. The fourth-order valence-corrected chi connectivity index (χ4v) is 1.34. The van der Waals surface area contributed by atoms with Crippen LogP contribution in [0, 0.1) is 0 Å². The molecule has 1 aromatic carbocycles. The minimum Gasteiger partial charge on any atom is -0.423 e. The van der Waals surface area contributed by atoms with Gasteiger partial charge in [0.2, 0.25) is 0 Å². The van der Waals surface area contributed by atoms with Crippen molar-refractivity contribution in [2.45, 2.75) is 19.3 Å². The van der Waals surface area contributed by atoms with E-state index in [0.29, 0.717) is 17.9 Å². The van der Waals surface area contributed by atoms with Crippen LogP contribution in [0.2, 0.25) is 0 Å². The lowest BCUT2D eigenvalue weighted by Crippen LogP contribution is -2.06. The lowest BCUT2D eigenvalue weighted by Gasteiger charge is -2.06. The van der Waals surface area contributed by atoms with Gasteiger partial charge >= 0.3 is 11.9 Å². The zero-order chi connectivity index (χ0) is 10.7. The van der Waals surface area contributed by atoms with E-state index < -0.39 is 0 Å². The first-order chi connectivity index (χ1) is 7.25. The maximum Gasteiger partial charge on any atom is 0.311 e. The second kappa shape index (κ2) is 4.13. The molecule has 0 atom stereocenters. The van der Waals surface area contributed by atoms with Gasteiger partial charge in [-0.25, -0.2) is 0 Å². The summed E-state index contributed by atoms with van der Waals surface area (Å²) >= 11 is 0. The Labute approximate surface area is 86.8 Å². The molecule has 1 heterocycles. The van der Waals surface area contributed by atoms with E-state index in [0.717, 1.165) is 0 Å². The van der Waals surface area contributed by atoms with Gasteiger partial charge in [-0.1, -0.05) is 12.1 Å². The number of esters is 2. The summed E-state index contributed by atoms with van der Waals surface area (Å²) in [5, 5.41) is 0. The summed E-state index contributed by atoms with van der Waals surface area (Å²) in [6.07, 6.45) is 0.943. The summed E-state index contributed by atoms with van der Waals surface area (Å²) in [5.41, 5.74) is 0. The Bertz CT molecular complexity index is 360. The summed E-state index contributed by atoms with van der Waals surface area (Å²) in [7, 11) is 0. The molecule has 0 saturated carbocycles. The Hall–Kier alpha value is -1.84. The lowest BCUT2D eigenvalue weighted by molar-refractivity contribution is -0.134. The van der Waals surface area contributed by atoms with E-state index in [1.165, 1.54) is 0 Å². The molecule has 0 saturated heterocycles. The third kappa shape index (κ3) is 2.34. The van der Waals surface area contributed by atoms with Gasteiger partial charge in [-0.3, -0.25) is 9.59 Å². The number of carbonyl (C=O) groups is 2. The van der Waals surface area contributed by atoms with Crippen LogP contribution in [0.1, 0.15) is 19.3 Å². The largest absolute Gasteiger partial charge is 0.423 e. The molecule has 1 aliphatic heterocycles. The molecule has 0 N–H and O–H groups in total. The molecule has 0 bridgehead atoms. The van der Waals surface area contributed by atoms with Crippen LogP contribution in [0.4, 0.5) is 0 Å². The topological polar surface area (TPSA) is 52.6 Å². The summed E-state index contributed by atoms with van der Waals surface area (Å²) in [4.78, 5) is 22.5. The Morgan fingerprint density at radius 1 is 0.867 bits per heavy atom. The summed E-state index contributed by atoms with van der Waals surface area (Å²) in [6, 6.07) is 6.65. The van der Waals surface area contributed by atoms with Crippen molar-refractivity contribution in [3.8, 4) is 11.5 Å². The Balaban J connectivity index is 2.32. The van der Waals surface area contributed by atoms with Crippen molar-refractivity contribution in [3.05, 3.63) is 24.3 Å². The van der Waals surface area contributed by atoms with Gasteiger partial charge in [-0.2, -0.15) is 0 Å². The van der Waals surface area contributed by atoms with Gasteiger partial charge in [0.05, 0.1) is 0 Å². The summed E-state index contributed by atoms with van der Waals surface area (Å²) in [5.74, 6) is -0.0583. The molecule has 1 aromatic rings. The van der Waals surface area contributed by atoms with Crippen LogP contribution in [0.3, 0.4) is 0 Å².